The Bertz CT molecular complexity index is 603. The molecule has 0 radical (unpaired) electrons. The van der Waals surface area contributed by atoms with E-state index in [2.05, 4.69) is 0 Å². The fraction of sp³-hybridized carbons (Fsp3) is 0.688. The van der Waals surface area contributed by atoms with Crippen LogP contribution < -0.4 is 9.27 Å². The van der Waals surface area contributed by atoms with Crippen LogP contribution in [0.2, 0.25) is 0 Å². The van der Waals surface area contributed by atoms with Crippen molar-refractivity contribution in [2.24, 2.45) is 7.05 Å². The average molecular weight is 412 g/mol. The van der Waals surface area contributed by atoms with E-state index in [-0.39, 0.29) is 36.0 Å². The Kier molecular flexibility index (Phi) is 12.1. The second-order valence-electron chi connectivity index (χ2n) is 6.12. The largest absolute Gasteiger partial charge is 1.00 e. The van der Waals surface area contributed by atoms with Gasteiger partial charge >= 0.3 is 19.5 Å². The van der Waals surface area contributed by atoms with Gasteiger partial charge in [0.2, 0.25) is 6.33 Å². The lowest BCUT2D eigenvalue weighted by atomic mass is 10.1. The number of hydrogen-bond acceptors (Lipinski definition) is 5. The Labute approximate surface area is 161 Å². The maximum atomic E-state index is 11.8. The molecule has 2 rings (SSSR count). The summed E-state index contributed by atoms with van der Waals surface area (Å²) >= 11 is 0. The summed E-state index contributed by atoms with van der Waals surface area (Å²) in [6, 6.07) is 0. The number of nitrogens with zero attached hydrogens (tertiary/aromatic N) is 2. The fourth-order valence-corrected chi connectivity index (χ4v) is 2.68. The number of aryl methyl sites for hydroxylation is 1. The minimum atomic E-state index is -3.67. The van der Waals surface area contributed by atoms with Gasteiger partial charge in [0.1, 0.15) is 38.1 Å². The van der Waals surface area contributed by atoms with Gasteiger partial charge in [0.15, 0.2) is 0 Å². The van der Waals surface area contributed by atoms with E-state index in [1.54, 1.807) is 0 Å². The Morgan fingerprint density at radius 1 is 1.32 bits per heavy atom. The van der Waals surface area contributed by atoms with Crippen molar-refractivity contribution in [1.82, 2.24) is 4.57 Å². The first-order valence-electron chi connectivity index (χ1n) is 8.65. The number of rotatable bonds is 7. The first kappa shape index (κ1) is 25.9. The maximum Gasteiger partial charge on any atom is 0.762 e. The molecule has 1 aliphatic rings. The van der Waals surface area contributed by atoms with Gasteiger partial charge in [-0.25, -0.2) is 9.13 Å². The highest BCUT2D eigenvalue weighted by atomic mass is 19.4. The van der Waals surface area contributed by atoms with Gasteiger partial charge < -0.3 is 18.9 Å². The van der Waals surface area contributed by atoms with E-state index < -0.39 is 19.5 Å². The van der Waals surface area contributed by atoms with Crippen molar-refractivity contribution < 1.29 is 46.0 Å². The van der Waals surface area contributed by atoms with Crippen molar-refractivity contribution in [3.8, 4) is 0 Å². The smallest absolute Gasteiger partial charge is 0.762 e. The molecule has 1 aromatic rings. The van der Waals surface area contributed by atoms with Crippen molar-refractivity contribution in [2.75, 3.05) is 6.61 Å². The molecule has 0 aliphatic carbocycles. The van der Waals surface area contributed by atoms with Crippen LogP contribution in [0.4, 0.5) is 12.9 Å². The fourth-order valence-electron chi connectivity index (χ4n) is 2.68. The molecule has 12 heteroatoms. The maximum absolute atomic E-state index is 11.8. The van der Waals surface area contributed by atoms with Gasteiger partial charge in [-0.15, -0.1) is 0 Å². The lowest BCUT2D eigenvalue weighted by Gasteiger charge is -2.17. The first-order valence-corrected chi connectivity index (χ1v) is 8.65. The lowest BCUT2D eigenvalue weighted by molar-refractivity contribution is -0.671. The Balaban J connectivity index is 0.00000133. The van der Waals surface area contributed by atoms with Gasteiger partial charge in [0.05, 0.1) is 19.3 Å². The predicted molar refractivity (Wildman–Crippen MR) is 89.4 cm³/mol. The molecule has 160 valence electrons. The number of esters is 2. The van der Waals surface area contributed by atoms with Crippen LogP contribution in [0.1, 0.15) is 33.1 Å². The van der Waals surface area contributed by atoms with Crippen LogP contribution >= 0.6 is 0 Å². The zero-order valence-corrected chi connectivity index (χ0v) is 16.0. The molecule has 0 N–H and O–H groups in total. The molecule has 1 fully saturated rings. The highest BCUT2D eigenvalue weighted by molar-refractivity contribution is 6.33. The molecular formula is C16H25BF4N2O5. The molecule has 7 nitrogen and oxygen atoms in total. The number of aromatic nitrogens is 2. The van der Waals surface area contributed by atoms with Crippen LogP contribution in [0.25, 0.3) is 0 Å². The third-order valence-electron chi connectivity index (χ3n) is 3.80. The molecule has 0 bridgehead atoms. The average Bonchev–Trinajstić information content (AvgIpc) is 3.11. The van der Waals surface area contributed by atoms with Crippen molar-refractivity contribution in [1.29, 1.82) is 0 Å². The molecule has 0 aromatic carbocycles. The third kappa shape index (κ3) is 10.3. The molecule has 0 unspecified atom stereocenters. The van der Waals surface area contributed by atoms with Crippen molar-refractivity contribution in [3.63, 3.8) is 0 Å². The van der Waals surface area contributed by atoms with E-state index in [0.717, 1.165) is 6.42 Å². The van der Waals surface area contributed by atoms with Crippen molar-refractivity contribution >= 4 is 19.5 Å². The lowest BCUT2D eigenvalue weighted by Crippen LogP contribution is -3.00. The summed E-state index contributed by atoms with van der Waals surface area (Å²) in [5.74, 6) is -1.12. The standard InChI is InChI=1S/C16H25N2O5.BF3.FH/c1-4-13-14(9-12(2)22-13)23-16(20)10-15(19)21-8-7-18-6-5-17(3)11-18;2-1(3)4;/h5-6,11-14H,4,7-10H2,1-3H3;;1H/q+1;;/p-1/t12-,13+,14+;;/m0../s1. The highest BCUT2D eigenvalue weighted by Crippen LogP contribution is 2.25. The minimum absolute atomic E-state index is 0. The van der Waals surface area contributed by atoms with Gasteiger partial charge in [0.25, 0.3) is 0 Å². The van der Waals surface area contributed by atoms with E-state index >= 15 is 0 Å². The SMILES string of the molecule is CC[C@H]1O[C@@H](C)C[C@H]1OC(=O)CC(=O)OCCn1cc[n+](C)c1.FB(F)F.[F-]. The van der Waals surface area contributed by atoms with Gasteiger partial charge in [0, 0.05) is 6.42 Å². The molecule has 28 heavy (non-hydrogen) atoms. The summed E-state index contributed by atoms with van der Waals surface area (Å²) in [4.78, 5) is 23.5. The Hall–Kier alpha value is -2.11. The molecule has 0 amide bonds. The van der Waals surface area contributed by atoms with E-state index in [9.17, 15) is 22.5 Å². The zero-order chi connectivity index (χ0) is 20.4. The molecule has 0 saturated carbocycles. The van der Waals surface area contributed by atoms with Crippen LogP contribution in [-0.4, -0.2) is 49.0 Å². The molecule has 0 spiro atoms. The minimum Gasteiger partial charge on any atom is -1.00 e. The van der Waals surface area contributed by atoms with Crippen LogP contribution in [-0.2, 0) is 37.4 Å². The first-order chi connectivity index (χ1) is 12.7. The van der Waals surface area contributed by atoms with Gasteiger partial charge in [-0.1, -0.05) is 6.92 Å². The van der Waals surface area contributed by atoms with Crippen LogP contribution in [0, 0.1) is 0 Å². The molecule has 1 aliphatic heterocycles. The monoisotopic (exact) mass is 412 g/mol. The second kappa shape index (κ2) is 13.1. The summed E-state index contributed by atoms with van der Waals surface area (Å²) in [5.41, 5.74) is 0. The molecule has 3 atom stereocenters. The van der Waals surface area contributed by atoms with Gasteiger partial charge in [-0.2, -0.15) is 0 Å². The van der Waals surface area contributed by atoms with Crippen LogP contribution in [0.5, 0.6) is 0 Å². The summed E-state index contributed by atoms with van der Waals surface area (Å²) in [6.07, 6.45) is 6.48. The molecule has 1 aromatic heterocycles. The van der Waals surface area contributed by atoms with Gasteiger partial charge in [-0.05, 0) is 13.3 Å². The topological polar surface area (TPSA) is 70.6 Å². The molecular weight excluding hydrogens is 387 g/mol. The van der Waals surface area contributed by atoms with Crippen LogP contribution in [0.15, 0.2) is 18.7 Å². The summed E-state index contributed by atoms with van der Waals surface area (Å²) in [6.45, 7) is 4.71. The summed E-state index contributed by atoms with van der Waals surface area (Å²) in [7, 11) is -1.75. The van der Waals surface area contributed by atoms with Crippen molar-refractivity contribution in [3.05, 3.63) is 18.7 Å². The number of carbonyl (C=O) groups is 2. The number of carbonyl (C=O) groups excluding carboxylic acids is 2. The Morgan fingerprint density at radius 3 is 2.50 bits per heavy atom. The summed E-state index contributed by atoms with van der Waals surface area (Å²) in [5, 5.41) is 0. The highest BCUT2D eigenvalue weighted by Gasteiger charge is 2.34. The zero-order valence-electron chi connectivity index (χ0n) is 16.0. The normalized spacial score (nSPS) is 20.4. The van der Waals surface area contributed by atoms with E-state index in [0.29, 0.717) is 13.0 Å². The quantitative estimate of drug-likeness (QED) is 0.182. The van der Waals surface area contributed by atoms with E-state index in [1.165, 1.54) is 0 Å². The third-order valence-corrected chi connectivity index (χ3v) is 3.80. The number of halogens is 4. The second-order valence-corrected chi connectivity index (χ2v) is 6.12. The number of ether oxygens (including phenoxy) is 3. The number of hydrogen-bond donors (Lipinski definition) is 0. The van der Waals surface area contributed by atoms with E-state index in [1.807, 2.05) is 48.8 Å². The van der Waals surface area contributed by atoms with Gasteiger partial charge in [-0.3, -0.25) is 22.5 Å². The Morgan fingerprint density at radius 2 is 1.96 bits per heavy atom. The van der Waals surface area contributed by atoms with Crippen molar-refractivity contribution in [2.45, 2.75) is 58.0 Å². The predicted octanol–water partition coefficient (Wildman–Crippen LogP) is -1.37. The molecule has 1 saturated heterocycles. The molecule has 2 heterocycles. The van der Waals surface area contributed by atoms with E-state index in [4.69, 9.17) is 14.2 Å². The number of imidazole rings is 1. The summed E-state index contributed by atoms with van der Waals surface area (Å²) < 4.78 is 48.9. The van der Waals surface area contributed by atoms with Crippen LogP contribution in [0.3, 0.4) is 0 Å².